The molecule has 0 amide bonds. The van der Waals surface area contributed by atoms with Crippen LogP contribution in [0.1, 0.15) is 39.0 Å². The average molecular weight is 424 g/mol. The molecular formula is C22H18ClN3O2S. The number of carbonyl (C=O) groups excluding carboxylic acids is 1. The van der Waals surface area contributed by atoms with E-state index in [1.807, 2.05) is 36.5 Å². The summed E-state index contributed by atoms with van der Waals surface area (Å²) in [7, 11) is 1.64. The number of fused-ring (bicyclic) bond motifs is 2. The van der Waals surface area contributed by atoms with E-state index in [1.165, 1.54) is 4.88 Å². The number of rotatable bonds is 4. The van der Waals surface area contributed by atoms with Gasteiger partial charge >= 0.3 is 0 Å². The van der Waals surface area contributed by atoms with Crippen LogP contribution in [0.5, 0.6) is 0 Å². The summed E-state index contributed by atoms with van der Waals surface area (Å²) in [5.74, 6) is 0.307. The molecule has 0 N–H and O–H groups in total. The Kier molecular flexibility index (Phi) is 4.70. The Morgan fingerprint density at radius 3 is 2.79 bits per heavy atom. The first-order chi connectivity index (χ1) is 14.1. The molecule has 4 aromatic rings. The molecule has 0 saturated heterocycles. The van der Waals surface area contributed by atoms with Crippen LogP contribution in [-0.4, -0.2) is 27.5 Å². The number of thiophene rings is 1. The second-order valence-corrected chi connectivity index (χ2v) is 8.59. The van der Waals surface area contributed by atoms with Gasteiger partial charge in [0, 0.05) is 35.5 Å². The van der Waals surface area contributed by atoms with Crippen LogP contribution in [0.3, 0.4) is 0 Å². The largest absolute Gasteiger partial charge is 0.378 e. The smallest absolute Gasteiger partial charge is 0.166 e. The Bertz CT molecular complexity index is 1200. The third-order valence-corrected chi connectivity index (χ3v) is 6.58. The fraction of sp³-hybridized carbons (Fsp3) is 0.227. The molecule has 0 spiro atoms. The molecule has 5 rings (SSSR count). The number of benzene rings is 1. The van der Waals surface area contributed by atoms with Crippen molar-refractivity contribution in [3.63, 3.8) is 0 Å². The molecule has 1 aliphatic rings. The van der Waals surface area contributed by atoms with Gasteiger partial charge in [0.25, 0.3) is 0 Å². The Morgan fingerprint density at radius 1 is 1.24 bits per heavy atom. The number of Topliss-reactive ketones (excluding diaryl/α,β-unsaturated/α-hetero) is 1. The molecule has 0 radical (unpaired) electrons. The Hall–Kier alpha value is -2.54. The fourth-order valence-electron chi connectivity index (χ4n) is 3.96. The number of ether oxygens (including phenoxy) is 1. The second kappa shape index (κ2) is 7.37. The van der Waals surface area contributed by atoms with E-state index in [2.05, 4.69) is 16.5 Å². The summed E-state index contributed by atoms with van der Waals surface area (Å²) in [6, 6.07) is 11.7. The molecule has 29 heavy (non-hydrogen) atoms. The highest BCUT2D eigenvalue weighted by Crippen LogP contribution is 2.36. The summed E-state index contributed by atoms with van der Waals surface area (Å²) in [6.45, 7) is 0.359. The van der Waals surface area contributed by atoms with Gasteiger partial charge in [-0.2, -0.15) is 5.10 Å². The number of hydrogen-bond acceptors (Lipinski definition) is 5. The summed E-state index contributed by atoms with van der Waals surface area (Å²) < 4.78 is 7.07. The normalized spacial score (nSPS) is 16.3. The maximum atomic E-state index is 12.8. The van der Waals surface area contributed by atoms with E-state index in [0.717, 1.165) is 34.6 Å². The standard InChI is InChI=1S/C22H18ClN3O2S/c1-28-12-18-21(13-4-6-15(23)7-5-13)22-24-17-9-14(20-3-2-8-29-20)10-19(27)16(17)11-26(22)25-18/h2-8,11,14H,9-10,12H2,1H3. The molecule has 1 atom stereocenters. The molecule has 0 saturated carbocycles. The van der Waals surface area contributed by atoms with Gasteiger partial charge in [0.2, 0.25) is 0 Å². The van der Waals surface area contributed by atoms with Crippen molar-refractivity contribution in [2.45, 2.75) is 25.4 Å². The van der Waals surface area contributed by atoms with Crippen molar-refractivity contribution < 1.29 is 9.53 Å². The van der Waals surface area contributed by atoms with Gasteiger partial charge in [-0.05, 0) is 35.6 Å². The average Bonchev–Trinajstić information content (AvgIpc) is 3.36. The zero-order valence-electron chi connectivity index (χ0n) is 15.8. The van der Waals surface area contributed by atoms with E-state index >= 15 is 0 Å². The minimum absolute atomic E-state index is 0.121. The number of nitrogens with zero attached hydrogens (tertiary/aromatic N) is 3. The second-order valence-electron chi connectivity index (χ2n) is 7.17. The summed E-state index contributed by atoms with van der Waals surface area (Å²) in [6.07, 6.45) is 3.09. The lowest BCUT2D eigenvalue weighted by atomic mass is 9.85. The molecule has 146 valence electrons. The van der Waals surface area contributed by atoms with Crippen LogP contribution in [0.4, 0.5) is 0 Å². The first-order valence-electron chi connectivity index (χ1n) is 9.36. The predicted molar refractivity (Wildman–Crippen MR) is 114 cm³/mol. The summed E-state index contributed by atoms with van der Waals surface area (Å²) in [5.41, 5.74) is 4.91. The monoisotopic (exact) mass is 423 g/mol. The van der Waals surface area contributed by atoms with Crippen LogP contribution >= 0.6 is 22.9 Å². The molecule has 0 fully saturated rings. The first-order valence-corrected chi connectivity index (χ1v) is 10.6. The number of carbonyl (C=O) groups is 1. The van der Waals surface area contributed by atoms with E-state index in [1.54, 1.807) is 23.0 Å². The quantitative estimate of drug-likeness (QED) is 0.454. The lowest BCUT2D eigenvalue weighted by molar-refractivity contribution is 0.0963. The molecular weight excluding hydrogens is 406 g/mol. The maximum Gasteiger partial charge on any atom is 0.166 e. The Morgan fingerprint density at radius 2 is 2.07 bits per heavy atom. The predicted octanol–water partition coefficient (Wildman–Crippen LogP) is 5.17. The topological polar surface area (TPSA) is 56.5 Å². The van der Waals surface area contributed by atoms with Crippen LogP contribution in [-0.2, 0) is 17.8 Å². The maximum absolute atomic E-state index is 12.8. The third kappa shape index (κ3) is 3.27. The van der Waals surface area contributed by atoms with Crippen molar-refractivity contribution in [1.82, 2.24) is 14.6 Å². The van der Waals surface area contributed by atoms with Crippen molar-refractivity contribution >= 4 is 34.4 Å². The van der Waals surface area contributed by atoms with Gasteiger partial charge in [-0.3, -0.25) is 4.79 Å². The molecule has 5 nitrogen and oxygen atoms in total. The molecule has 1 aromatic carbocycles. The summed E-state index contributed by atoms with van der Waals surface area (Å²) >= 11 is 7.77. The molecule has 7 heteroatoms. The minimum Gasteiger partial charge on any atom is -0.378 e. The molecule has 3 heterocycles. The highest BCUT2D eigenvalue weighted by Gasteiger charge is 2.30. The molecule has 3 aromatic heterocycles. The van der Waals surface area contributed by atoms with E-state index in [-0.39, 0.29) is 11.7 Å². The minimum atomic E-state index is 0.121. The van der Waals surface area contributed by atoms with E-state index in [4.69, 9.17) is 21.3 Å². The van der Waals surface area contributed by atoms with Crippen molar-refractivity contribution in [3.05, 3.63) is 74.8 Å². The highest BCUT2D eigenvalue weighted by molar-refractivity contribution is 7.10. The van der Waals surface area contributed by atoms with Crippen LogP contribution in [0, 0.1) is 0 Å². The van der Waals surface area contributed by atoms with Gasteiger partial charge in [-0.15, -0.1) is 11.3 Å². The lowest BCUT2D eigenvalue weighted by Gasteiger charge is -2.22. The van der Waals surface area contributed by atoms with Gasteiger partial charge in [-0.25, -0.2) is 9.50 Å². The van der Waals surface area contributed by atoms with Crippen LogP contribution < -0.4 is 0 Å². The summed E-state index contributed by atoms with van der Waals surface area (Å²) in [4.78, 5) is 19.0. The van der Waals surface area contributed by atoms with Gasteiger partial charge in [0.05, 0.1) is 29.1 Å². The zero-order valence-corrected chi connectivity index (χ0v) is 17.3. The zero-order chi connectivity index (χ0) is 20.0. The lowest BCUT2D eigenvalue weighted by Crippen LogP contribution is -2.20. The number of aromatic nitrogens is 3. The summed E-state index contributed by atoms with van der Waals surface area (Å²) in [5, 5.41) is 7.39. The van der Waals surface area contributed by atoms with E-state index in [0.29, 0.717) is 23.6 Å². The van der Waals surface area contributed by atoms with Crippen molar-refractivity contribution in [2.24, 2.45) is 0 Å². The van der Waals surface area contributed by atoms with Gasteiger partial charge < -0.3 is 4.74 Å². The van der Waals surface area contributed by atoms with Crippen LogP contribution in [0.15, 0.2) is 48.0 Å². The van der Waals surface area contributed by atoms with Crippen molar-refractivity contribution in [3.8, 4) is 11.1 Å². The number of ketones is 1. The highest BCUT2D eigenvalue weighted by atomic mass is 35.5. The number of halogens is 1. The fourth-order valence-corrected chi connectivity index (χ4v) is 4.91. The Balaban J connectivity index is 1.67. The van der Waals surface area contributed by atoms with Gasteiger partial charge in [0.15, 0.2) is 11.4 Å². The molecule has 1 aliphatic carbocycles. The van der Waals surface area contributed by atoms with Crippen molar-refractivity contribution in [1.29, 1.82) is 0 Å². The SMILES string of the molecule is COCc1nn2cc3c(nc2c1-c1ccc(Cl)cc1)CC(c1cccs1)CC3=O. The van der Waals surface area contributed by atoms with Gasteiger partial charge in [-0.1, -0.05) is 29.8 Å². The van der Waals surface area contributed by atoms with E-state index in [9.17, 15) is 4.79 Å². The van der Waals surface area contributed by atoms with Crippen LogP contribution in [0.25, 0.3) is 16.8 Å². The number of methoxy groups -OCH3 is 1. The van der Waals surface area contributed by atoms with E-state index < -0.39 is 0 Å². The molecule has 1 unspecified atom stereocenters. The van der Waals surface area contributed by atoms with Crippen LogP contribution in [0.2, 0.25) is 5.02 Å². The molecule has 0 bridgehead atoms. The Labute approximate surface area is 176 Å². The number of hydrogen-bond donors (Lipinski definition) is 0. The third-order valence-electron chi connectivity index (χ3n) is 5.29. The van der Waals surface area contributed by atoms with Crippen molar-refractivity contribution in [2.75, 3.05) is 7.11 Å². The first kappa shape index (κ1) is 18.5. The molecule has 0 aliphatic heterocycles. The van der Waals surface area contributed by atoms with Gasteiger partial charge in [0.1, 0.15) is 0 Å².